The maximum atomic E-state index is 15.0. The molecule has 14 heteroatoms. The third-order valence-electron chi connectivity index (χ3n) is 6.63. The molecule has 1 atom stereocenters. The van der Waals surface area contributed by atoms with Crippen molar-refractivity contribution in [2.45, 2.75) is 59.7 Å². The highest BCUT2D eigenvalue weighted by molar-refractivity contribution is 5.92. The Balaban J connectivity index is 1.47. The second kappa shape index (κ2) is 13.9. The highest BCUT2D eigenvalue weighted by Crippen LogP contribution is 2.32. The first-order chi connectivity index (χ1) is 22.4. The molecule has 0 aliphatic rings. The molecule has 246 valence electrons. The van der Waals surface area contributed by atoms with Crippen LogP contribution in [0, 0.1) is 18.6 Å². The Morgan fingerprint density at radius 1 is 1.04 bits per heavy atom. The molecule has 0 radical (unpaired) electrons. The first-order valence-corrected chi connectivity index (χ1v) is 15.0. The molecule has 0 aliphatic heterocycles. The number of nitrogens with one attached hydrogen (secondary N) is 2. The zero-order valence-electron chi connectivity index (χ0n) is 27.0. The summed E-state index contributed by atoms with van der Waals surface area (Å²) in [4.78, 5) is 30.0. The van der Waals surface area contributed by atoms with Gasteiger partial charge in [0.2, 0.25) is 0 Å². The highest BCUT2D eigenvalue weighted by Gasteiger charge is 2.22. The summed E-state index contributed by atoms with van der Waals surface area (Å²) in [7, 11) is 0. The monoisotopic (exact) mass is 646 g/mol. The van der Waals surface area contributed by atoms with E-state index in [1.54, 1.807) is 59.9 Å². The topological polar surface area (TPSA) is 138 Å². The summed E-state index contributed by atoms with van der Waals surface area (Å²) >= 11 is 0. The Kier molecular flexibility index (Phi) is 9.78. The lowest BCUT2D eigenvalue weighted by molar-refractivity contribution is 0.0494. The molecule has 47 heavy (non-hydrogen) atoms. The van der Waals surface area contributed by atoms with Crippen molar-refractivity contribution in [1.29, 1.82) is 0 Å². The summed E-state index contributed by atoms with van der Waals surface area (Å²) in [6, 6.07) is 10.9. The van der Waals surface area contributed by atoms with E-state index >= 15 is 8.78 Å². The number of carbonyl (C=O) groups is 1. The van der Waals surface area contributed by atoms with E-state index in [9.17, 15) is 4.79 Å². The fourth-order valence-corrected chi connectivity index (χ4v) is 4.64. The number of alkyl carbamates (subject to hydrolysis) is 1. The van der Waals surface area contributed by atoms with Crippen molar-refractivity contribution in [1.82, 2.24) is 35.0 Å². The molecule has 0 spiro atoms. The minimum Gasteiger partial charge on any atom is -0.494 e. The molecule has 0 fully saturated rings. The molecule has 2 N–H and O–H groups in total. The van der Waals surface area contributed by atoms with E-state index in [-0.39, 0.29) is 48.5 Å². The Morgan fingerprint density at radius 3 is 2.49 bits per heavy atom. The van der Waals surface area contributed by atoms with Crippen molar-refractivity contribution in [2.75, 3.05) is 18.5 Å². The van der Waals surface area contributed by atoms with Crippen LogP contribution in [0.15, 0.2) is 54.9 Å². The number of nitrogens with zero attached hydrogens (tertiary/aromatic N) is 6. The van der Waals surface area contributed by atoms with Crippen LogP contribution in [0.25, 0.3) is 22.4 Å². The Labute approximate surface area is 270 Å². The van der Waals surface area contributed by atoms with Crippen LogP contribution >= 0.6 is 0 Å². The van der Waals surface area contributed by atoms with E-state index in [0.29, 0.717) is 28.2 Å². The number of hydrogen-bond donors (Lipinski definition) is 2. The number of ether oxygens (including phenoxy) is 3. The average molecular weight is 647 g/mol. The fraction of sp³-hybridized carbons (Fsp3) is 0.333. The summed E-state index contributed by atoms with van der Waals surface area (Å²) < 4.78 is 48.1. The minimum absolute atomic E-state index is 0.0796. The lowest BCUT2D eigenvalue weighted by atomic mass is 10.1. The number of aromatic nitrogens is 6. The van der Waals surface area contributed by atoms with Gasteiger partial charge >= 0.3 is 6.09 Å². The van der Waals surface area contributed by atoms with Crippen molar-refractivity contribution >= 4 is 28.6 Å². The summed E-state index contributed by atoms with van der Waals surface area (Å²) in [5.74, 6) is 0.424. The lowest BCUT2D eigenvalue weighted by Crippen LogP contribution is -2.40. The Bertz CT molecular complexity index is 1870. The number of benzene rings is 2. The van der Waals surface area contributed by atoms with Gasteiger partial charge in [0.15, 0.2) is 17.4 Å². The number of amides is 1. The number of halogens is 2. The van der Waals surface area contributed by atoms with Crippen LogP contribution in [0.4, 0.5) is 25.2 Å². The van der Waals surface area contributed by atoms with Crippen LogP contribution in [0.2, 0.25) is 0 Å². The zero-order valence-corrected chi connectivity index (χ0v) is 27.0. The SMILES string of the molecule is CCOc1cc(F)c(Cn2nc(-c3ncc(OC[C@H](C)NC(=O)OC(C)(C)C)c(Nc4ccnc(C)n4)n3)c3ccccc32)c(F)c1. The van der Waals surface area contributed by atoms with Gasteiger partial charge in [-0.15, -0.1) is 0 Å². The van der Waals surface area contributed by atoms with Crippen LogP contribution < -0.4 is 20.1 Å². The van der Waals surface area contributed by atoms with Crippen LogP contribution in [0.3, 0.4) is 0 Å². The second-order valence-electron chi connectivity index (χ2n) is 11.7. The van der Waals surface area contributed by atoms with Gasteiger partial charge in [-0.1, -0.05) is 18.2 Å². The molecular weight excluding hydrogens is 610 g/mol. The third-order valence-corrected chi connectivity index (χ3v) is 6.63. The van der Waals surface area contributed by atoms with Crippen LogP contribution in [-0.2, 0) is 11.3 Å². The maximum absolute atomic E-state index is 15.0. The Morgan fingerprint density at radius 2 is 1.79 bits per heavy atom. The van der Waals surface area contributed by atoms with E-state index in [2.05, 4.69) is 25.6 Å². The summed E-state index contributed by atoms with van der Waals surface area (Å²) in [5.41, 5.74) is 0.214. The standard InChI is InChI=1S/C33H36F2N8O4/c1-7-45-21-14-24(34)23(25(35)15-21)17-43-26-11-9-8-10-22(26)29(42-43)31-37-16-27(30(41-31)40-28-12-13-36-20(3)39-28)46-18-19(2)38-32(44)47-33(4,5)6/h8-16,19H,7,17-18H2,1-6H3,(H,38,44)(H,36,37,39,40,41)/t19-/m0/s1. The van der Waals surface area contributed by atoms with E-state index in [1.165, 1.54) is 10.9 Å². The predicted molar refractivity (Wildman–Crippen MR) is 172 cm³/mol. The molecule has 0 saturated carbocycles. The molecule has 3 aromatic heterocycles. The van der Waals surface area contributed by atoms with Gasteiger partial charge in [-0.2, -0.15) is 5.10 Å². The number of fused-ring (bicyclic) bond motifs is 1. The van der Waals surface area contributed by atoms with Crippen LogP contribution in [0.1, 0.15) is 46.0 Å². The normalized spacial score (nSPS) is 12.1. The van der Waals surface area contributed by atoms with Crippen LogP contribution in [-0.4, -0.2) is 60.7 Å². The molecule has 3 heterocycles. The van der Waals surface area contributed by atoms with E-state index in [0.717, 1.165) is 12.1 Å². The van der Waals surface area contributed by atoms with Crippen molar-refractivity contribution in [3.05, 3.63) is 77.9 Å². The number of para-hydroxylation sites is 1. The van der Waals surface area contributed by atoms with Gasteiger partial charge in [0.05, 0.1) is 30.9 Å². The average Bonchev–Trinajstić information content (AvgIpc) is 3.36. The first-order valence-electron chi connectivity index (χ1n) is 15.0. The van der Waals surface area contributed by atoms with E-state index in [4.69, 9.17) is 24.3 Å². The maximum Gasteiger partial charge on any atom is 0.407 e. The minimum atomic E-state index is -0.741. The van der Waals surface area contributed by atoms with Gasteiger partial charge in [-0.25, -0.2) is 33.5 Å². The van der Waals surface area contributed by atoms with Gasteiger partial charge < -0.3 is 24.8 Å². The third kappa shape index (κ3) is 8.26. The van der Waals surface area contributed by atoms with Crippen LogP contribution in [0.5, 0.6) is 11.5 Å². The molecule has 0 unspecified atom stereocenters. The van der Waals surface area contributed by atoms with E-state index in [1.807, 2.05) is 18.2 Å². The number of rotatable bonds is 11. The molecular formula is C33H36F2N8O4. The molecule has 0 aliphatic carbocycles. The summed E-state index contributed by atoms with van der Waals surface area (Å²) in [5, 5.41) is 11.3. The van der Waals surface area contributed by atoms with Gasteiger partial charge in [0.1, 0.15) is 46.9 Å². The van der Waals surface area contributed by atoms with Crippen molar-refractivity contribution in [3.63, 3.8) is 0 Å². The fourth-order valence-electron chi connectivity index (χ4n) is 4.64. The summed E-state index contributed by atoms with van der Waals surface area (Å²) in [6.45, 7) is 10.8. The molecule has 0 saturated heterocycles. The molecule has 0 bridgehead atoms. The number of anilines is 2. The molecule has 5 aromatic rings. The van der Waals surface area contributed by atoms with Gasteiger partial charge in [0.25, 0.3) is 0 Å². The Hall–Kier alpha value is -5.40. The molecule has 2 aromatic carbocycles. The second-order valence-corrected chi connectivity index (χ2v) is 11.7. The molecule has 1 amide bonds. The number of aryl methyl sites for hydroxylation is 1. The van der Waals surface area contributed by atoms with Crippen molar-refractivity contribution < 1.29 is 27.8 Å². The summed E-state index contributed by atoms with van der Waals surface area (Å²) in [6.07, 6.45) is 2.52. The smallest absolute Gasteiger partial charge is 0.407 e. The van der Waals surface area contributed by atoms with E-state index < -0.39 is 29.4 Å². The van der Waals surface area contributed by atoms with Crippen molar-refractivity contribution in [2.24, 2.45) is 0 Å². The highest BCUT2D eigenvalue weighted by atomic mass is 19.1. The van der Waals surface area contributed by atoms with Gasteiger partial charge in [-0.05, 0) is 53.7 Å². The first kappa shape index (κ1) is 33.0. The largest absolute Gasteiger partial charge is 0.494 e. The number of carbonyl (C=O) groups excluding carboxylic acids is 1. The van der Waals surface area contributed by atoms with Gasteiger partial charge in [0, 0.05) is 29.3 Å². The molecule has 5 rings (SSSR count). The quantitative estimate of drug-likeness (QED) is 0.167. The van der Waals surface area contributed by atoms with Gasteiger partial charge in [-0.3, -0.25) is 4.68 Å². The van der Waals surface area contributed by atoms with Crippen molar-refractivity contribution in [3.8, 4) is 23.0 Å². The molecule has 12 nitrogen and oxygen atoms in total. The zero-order chi connectivity index (χ0) is 33.7. The predicted octanol–water partition coefficient (Wildman–Crippen LogP) is 6.35. The number of hydrogen-bond acceptors (Lipinski definition) is 10. The lowest BCUT2D eigenvalue weighted by Gasteiger charge is -2.22.